The van der Waals surface area contributed by atoms with Crippen molar-refractivity contribution < 1.29 is 23.0 Å². The van der Waals surface area contributed by atoms with E-state index >= 15 is 0 Å². The minimum atomic E-state index is -3.80. The van der Waals surface area contributed by atoms with Crippen LogP contribution in [0.1, 0.15) is 30.5 Å². The first-order valence-electron chi connectivity index (χ1n) is 11.8. The molecule has 0 heterocycles. The highest BCUT2D eigenvalue weighted by atomic mass is 32.2. The molecule has 0 amide bonds. The predicted molar refractivity (Wildman–Crippen MR) is 143 cm³/mol. The molecule has 0 bridgehead atoms. The van der Waals surface area contributed by atoms with Gasteiger partial charge in [-0.1, -0.05) is 29.8 Å². The van der Waals surface area contributed by atoms with Crippen molar-refractivity contribution in [3.63, 3.8) is 0 Å². The van der Waals surface area contributed by atoms with Crippen molar-refractivity contribution in [1.82, 2.24) is 5.32 Å². The smallest absolute Gasteiger partial charge is 0.261 e. The number of benzene rings is 3. The van der Waals surface area contributed by atoms with Gasteiger partial charge in [-0.2, -0.15) is 5.26 Å². The van der Waals surface area contributed by atoms with Gasteiger partial charge in [0.1, 0.15) is 30.3 Å². The quantitative estimate of drug-likeness (QED) is 0.328. The molecule has 3 N–H and O–H groups in total. The van der Waals surface area contributed by atoms with Crippen LogP contribution in [0.15, 0.2) is 71.6 Å². The lowest BCUT2D eigenvalue weighted by molar-refractivity contribution is 0.0987. The van der Waals surface area contributed by atoms with Gasteiger partial charge in [-0.3, -0.25) is 4.72 Å². The van der Waals surface area contributed by atoms with E-state index in [4.69, 9.17) is 9.47 Å². The lowest BCUT2D eigenvalue weighted by Crippen LogP contribution is -2.46. The van der Waals surface area contributed by atoms with Gasteiger partial charge in [-0.25, -0.2) is 8.42 Å². The maximum absolute atomic E-state index is 12.6. The van der Waals surface area contributed by atoms with Crippen LogP contribution in [0.3, 0.4) is 0 Å². The molecule has 0 radical (unpaired) electrons. The third-order valence-corrected chi connectivity index (χ3v) is 7.13. The van der Waals surface area contributed by atoms with Crippen LogP contribution >= 0.6 is 0 Å². The number of sulfonamides is 1. The van der Waals surface area contributed by atoms with Crippen LogP contribution in [0.4, 0.5) is 5.69 Å². The lowest BCUT2D eigenvalue weighted by Gasteiger charge is -2.28. The van der Waals surface area contributed by atoms with Crippen LogP contribution < -0.4 is 19.5 Å². The van der Waals surface area contributed by atoms with E-state index in [2.05, 4.69) is 23.9 Å². The Morgan fingerprint density at radius 3 is 2.35 bits per heavy atom. The topological polar surface area (TPSA) is 121 Å². The van der Waals surface area contributed by atoms with E-state index in [1.54, 1.807) is 19.2 Å². The van der Waals surface area contributed by atoms with Crippen molar-refractivity contribution >= 4 is 15.7 Å². The summed E-state index contributed by atoms with van der Waals surface area (Å²) >= 11 is 0. The molecule has 0 saturated heterocycles. The first-order valence-corrected chi connectivity index (χ1v) is 13.3. The highest BCUT2D eigenvalue weighted by Crippen LogP contribution is 2.25. The number of nitrogens with zero attached hydrogens (tertiary/aromatic N) is 1. The van der Waals surface area contributed by atoms with E-state index in [9.17, 15) is 18.8 Å². The number of β-amino-alcohol motifs (C(OH)–C–C–N with tert-alkyl or cyclic N) is 1. The van der Waals surface area contributed by atoms with E-state index in [1.807, 2.05) is 37.3 Å². The maximum Gasteiger partial charge on any atom is 0.261 e. The average Bonchev–Trinajstić information content (AvgIpc) is 2.87. The second kappa shape index (κ2) is 12.1. The summed E-state index contributed by atoms with van der Waals surface area (Å²) in [6, 6.07) is 20.8. The number of anilines is 1. The molecule has 3 aromatic rings. The highest BCUT2D eigenvalue weighted by Gasteiger charge is 2.20. The Hall–Kier alpha value is -3.58. The summed E-state index contributed by atoms with van der Waals surface area (Å²) in [5, 5.41) is 23.3. The van der Waals surface area contributed by atoms with Crippen molar-refractivity contribution in [3.8, 4) is 17.6 Å². The van der Waals surface area contributed by atoms with Crippen LogP contribution in [0.5, 0.6) is 11.5 Å². The summed E-state index contributed by atoms with van der Waals surface area (Å²) < 4.78 is 38.6. The van der Waals surface area contributed by atoms with Gasteiger partial charge in [0.2, 0.25) is 0 Å². The maximum atomic E-state index is 12.6. The zero-order chi connectivity index (χ0) is 27.1. The molecule has 37 heavy (non-hydrogen) atoms. The largest absolute Gasteiger partial charge is 0.497 e. The molecule has 1 atom stereocenters. The molecule has 9 heteroatoms. The summed E-state index contributed by atoms with van der Waals surface area (Å²) in [4.78, 5) is 0.127. The summed E-state index contributed by atoms with van der Waals surface area (Å²) in [6.45, 7) is 6.23. The summed E-state index contributed by atoms with van der Waals surface area (Å²) in [6.07, 6.45) is -0.0651. The first-order chi connectivity index (χ1) is 17.5. The van der Waals surface area contributed by atoms with E-state index < -0.39 is 16.1 Å². The van der Waals surface area contributed by atoms with Gasteiger partial charge >= 0.3 is 0 Å². The van der Waals surface area contributed by atoms with Crippen LogP contribution in [0.2, 0.25) is 0 Å². The van der Waals surface area contributed by atoms with E-state index in [0.29, 0.717) is 6.54 Å². The van der Waals surface area contributed by atoms with Gasteiger partial charge in [0.15, 0.2) is 0 Å². The van der Waals surface area contributed by atoms with Gasteiger partial charge in [-0.05, 0) is 75.2 Å². The number of aryl methyl sites for hydroxylation is 1. The average molecular weight is 524 g/mol. The number of methoxy groups -OCH3 is 1. The van der Waals surface area contributed by atoms with E-state index in [1.165, 1.54) is 30.3 Å². The fourth-order valence-corrected chi connectivity index (χ4v) is 4.74. The van der Waals surface area contributed by atoms with Gasteiger partial charge in [0.05, 0.1) is 23.3 Å². The molecule has 0 unspecified atom stereocenters. The summed E-state index contributed by atoms with van der Waals surface area (Å²) in [5.74, 6) is 1.06. The van der Waals surface area contributed by atoms with Crippen molar-refractivity contribution in [2.45, 2.75) is 43.7 Å². The first kappa shape index (κ1) is 28.0. The second-order valence-electron chi connectivity index (χ2n) is 9.50. The Morgan fingerprint density at radius 1 is 1.05 bits per heavy atom. The molecule has 0 saturated carbocycles. The predicted octanol–water partition coefficient (Wildman–Crippen LogP) is 4.03. The highest BCUT2D eigenvalue weighted by molar-refractivity contribution is 7.92. The number of rotatable bonds is 12. The molecule has 0 aliphatic rings. The van der Waals surface area contributed by atoms with Gasteiger partial charge < -0.3 is 19.9 Å². The molecular weight excluding hydrogens is 490 g/mol. The number of ether oxygens (including phenoxy) is 2. The van der Waals surface area contributed by atoms with Crippen molar-refractivity contribution in [2.75, 3.05) is 25.0 Å². The molecule has 3 aromatic carbocycles. The number of nitrogens with one attached hydrogen (secondary N) is 2. The SMILES string of the molecule is COc1ccc(CC(C)(C)NC[C@@H](O)COc2ccc(NS(=O)(=O)c3ccc(C)cc3)cc2C#N)cc1. The van der Waals surface area contributed by atoms with Crippen LogP contribution in [-0.2, 0) is 16.4 Å². The Kier molecular flexibility index (Phi) is 9.16. The molecule has 0 aromatic heterocycles. The van der Waals surface area contributed by atoms with Gasteiger partial charge in [-0.15, -0.1) is 0 Å². The number of hydrogen-bond donors (Lipinski definition) is 3. The number of hydrogen-bond acceptors (Lipinski definition) is 7. The van der Waals surface area contributed by atoms with Gasteiger partial charge in [0.25, 0.3) is 10.0 Å². The number of aliphatic hydroxyl groups excluding tert-OH is 1. The third-order valence-electron chi connectivity index (χ3n) is 5.74. The lowest BCUT2D eigenvalue weighted by atomic mass is 9.94. The van der Waals surface area contributed by atoms with Crippen molar-refractivity contribution in [1.29, 1.82) is 5.26 Å². The van der Waals surface area contributed by atoms with E-state index in [0.717, 1.165) is 23.3 Å². The molecule has 196 valence electrons. The zero-order valence-corrected chi connectivity index (χ0v) is 22.3. The monoisotopic (exact) mass is 523 g/mol. The molecule has 0 aliphatic carbocycles. The Bertz CT molecular complexity index is 1330. The fraction of sp³-hybridized carbons (Fsp3) is 0.321. The summed E-state index contributed by atoms with van der Waals surface area (Å²) in [7, 11) is -2.17. The van der Waals surface area contributed by atoms with Crippen LogP contribution in [0, 0.1) is 18.3 Å². The van der Waals surface area contributed by atoms with Crippen molar-refractivity contribution in [3.05, 3.63) is 83.4 Å². The second-order valence-corrected chi connectivity index (χ2v) is 11.2. The minimum Gasteiger partial charge on any atom is -0.497 e. The Morgan fingerprint density at radius 2 is 1.73 bits per heavy atom. The van der Waals surface area contributed by atoms with Crippen molar-refractivity contribution in [2.24, 2.45) is 0 Å². The number of nitriles is 1. The van der Waals surface area contributed by atoms with Crippen LogP contribution in [-0.4, -0.2) is 45.4 Å². The number of aliphatic hydroxyl groups is 1. The Balaban J connectivity index is 1.55. The molecule has 0 spiro atoms. The van der Waals surface area contributed by atoms with Crippen LogP contribution in [0.25, 0.3) is 0 Å². The normalized spacial score (nSPS) is 12.4. The minimum absolute atomic E-state index is 0.0330. The standard InChI is InChI=1S/C28H33N3O5S/c1-20-5-12-26(13-6-20)37(33,34)31-23-9-14-27(22(15-23)17-29)36-19-24(32)18-30-28(2,3)16-21-7-10-25(35-4)11-8-21/h5-15,24,30-32H,16,18-19H2,1-4H3/t24-/m1/s1. The molecule has 3 rings (SSSR count). The molecule has 0 aliphatic heterocycles. The molecule has 8 nitrogen and oxygen atoms in total. The summed E-state index contributed by atoms with van der Waals surface area (Å²) in [5.41, 5.74) is 2.21. The fourth-order valence-electron chi connectivity index (χ4n) is 3.69. The Labute approximate surface area is 218 Å². The molecular formula is C28H33N3O5S. The van der Waals surface area contributed by atoms with Gasteiger partial charge in [0, 0.05) is 12.1 Å². The zero-order valence-electron chi connectivity index (χ0n) is 21.5. The third kappa shape index (κ3) is 8.22. The molecule has 0 fully saturated rings. The van der Waals surface area contributed by atoms with E-state index in [-0.39, 0.29) is 34.0 Å².